The second-order valence-electron chi connectivity index (χ2n) is 5.66. The van der Waals surface area contributed by atoms with E-state index in [9.17, 15) is 0 Å². The predicted octanol–water partition coefficient (Wildman–Crippen LogP) is 2.24. The number of hydrogen-bond acceptors (Lipinski definition) is 1. The molecule has 3 nitrogen and oxygen atoms in total. The van der Waals surface area contributed by atoms with Crippen molar-refractivity contribution in [2.45, 2.75) is 52.0 Å². The molecule has 0 radical (unpaired) electrons. The van der Waals surface area contributed by atoms with Crippen LogP contribution in [-0.2, 0) is 0 Å². The van der Waals surface area contributed by atoms with Crippen molar-refractivity contribution in [1.82, 2.24) is 10.2 Å². The van der Waals surface area contributed by atoms with Gasteiger partial charge in [0.25, 0.3) is 0 Å². The van der Waals surface area contributed by atoms with Crippen LogP contribution in [0.5, 0.6) is 0 Å². The molecule has 92 valence electrons. The molecule has 1 atom stereocenters. The van der Waals surface area contributed by atoms with Crippen LogP contribution < -0.4 is 5.32 Å². The summed E-state index contributed by atoms with van der Waals surface area (Å²) in [6.45, 7) is 7.02. The summed E-state index contributed by atoms with van der Waals surface area (Å²) < 4.78 is 0. The number of nitrogens with zero attached hydrogens (tertiary/aromatic N) is 2. The number of guanidine groups is 1. The average molecular weight is 223 g/mol. The van der Waals surface area contributed by atoms with E-state index < -0.39 is 0 Å². The minimum atomic E-state index is 0.497. The first-order valence-corrected chi connectivity index (χ1v) is 6.65. The topological polar surface area (TPSA) is 27.6 Å². The molecule has 1 aliphatic heterocycles. The number of nitrogens with one attached hydrogen (secondary N) is 1. The van der Waals surface area contributed by atoms with Gasteiger partial charge in [-0.25, -0.2) is 0 Å². The molecule has 0 aromatic carbocycles. The molecule has 0 bridgehead atoms. The zero-order chi connectivity index (χ0) is 11.6. The van der Waals surface area contributed by atoms with Gasteiger partial charge in [-0.1, -0.05) is 13.8 Å². The van der Waals surface area contributed by atoms with Crippen LogP contribution in [0.1, 0.15) is 46.0 Å². The Bertz CT molecular complexity index is 270. The van der Waals surface area contributed by atoms with Crippen molar-refractivity contribution >= 4 is 5.96 Å². The molecular weight excluding hydrogens is 198 g/mol. The maximum Gasteiger partial charge on any atom is 0.193 e. The van der Waals surface area contributed by atoms with E-state index in [1.54, 1.807) is 0 Å². The summed E-state index contributed by atoms with van der Waals surface area (Å²) in [7, 11) is 1.91. The quantitative estimate of drug-likeness (QED) is 0.574. The van der Waals surface area contributed by atoms with E-state index in [1.165, 1.54) is 32.1 Å². The SMILES string of the molecule is CCC1(C)CCN(C(=NC)NC2CCC2)C1. The molecule has 1 unspecified atom stereocenters. The molecule has 1 saturated carbocycles. The molecule has 1 saturated heterocycles. The van der Waals surface area contributed by atoms with E-state index in [0.29, 0.717) is 11.5 Å². The van der Waals surface area contributed by atoms with Crippen LogP contribution in [0.25, 0.3) is 0 Å². The third kappa shape index (κ3) is 2.33. The van der Waals surface area contributed by atoms with Gasteiger partial charge in [-0.05, 0) is 37.5 Å². The first-order valence-electron chi connectivity index (χ1n) is 6.65. The van der Waals surface area contributed by atoms with E-state index in [4.69, 9.17) is 0 Å². The van der Waals surface area contributed by atoms with Crippen molar-refractivity contribution in [1.29, 1.82) is 0 Å². The monoisotopic (exact) mass is 223 g/mol. The van der Waals surface area contributed by atoms with E-state index in [2.05, 4.69) is 29.1 Å². The molecule has 2 rings (SSSR count). The minimum absolute atomic E-state index is 0.497. The van der Waals surface area contributed by atoms with Gasteiger partial charge in [-0.15, -0.1) is 0 Å². The zero-order valence-electron chi connectivity index (χ0n) is 10.9. The summed E-state index contributed by atoms with van der Waals surface area (Å²) in [5.74, 6) is 1.13. The Morgan fingerprint density at radius 2 is 2.25 bits per heavy atom. The molecule has 0 aromatic heterocycles. The van der Waals surface area contributed by atoms with E-state index in [1.807, 2.05) is 7.05 Å². The highest BCUT2D eigenvalue weighted by molar-refractivity contribution is 5.80. The molecule has 1 N–H and O–H groups in total. The van der Waals surface area contributed by atoms with E-state index in [0.717, 1.165) is 19.0 Å². The lowest BCUT2D eigenvalue weighted by atomic mass is 9.87. The fourth-order valence-electron chi connectivity index (χ4n) is 2.53. The fraction of sp³-hybridized carbons (Fsp3) is 0.923. The van der Waals surface area contributed by atoms with Crippen molar-refractivity contribution in [2.75, 3.05) is 20.1 Å². The normalized spacial score (nSPS) is 31.7. The minimum Gasteiger partial charge on any atom is -0.354 e. The highest BCUT2D eigenvalue weighted by Crippen LogP contribution is 2.33. The summed E-state index contributed by atoms with van der Waals surface area (Å²) in [6, 6.07) is 0.687. The van der Waals surface area contributed by atoms with Gasteiger partial charge >= 0.3 is 0 Å². The van der Waals surface area contributed by atoms with Crippen LogP contribution in [0.3, 0.4) is 0 Å². The van der Waals surface area contributed by atoms with Crippen LogP contribution in [-0.4, -0.2) is 37.0 Å². The zero-order valence-corrected chi connectivity index (χ0v) is 10.9. The summed E-state index contributed by atoms with van der Waals surface area (Å²) in [5, 5.41) is 3.58. The summed E-state index contributed by atoms with van der Waals surface area (Å²) >= 11 is 0. The van der Waals surface area contributed by atoms with Gasteiger partial charge in [0.1, 0.15) is 0 Å². The van der Waals surface area contributed by atoms with Crippen LogP contribution in [0.4, 0.5) is 0 Å². The van der Waals surface area contributed by atoms with E-state index >= 15 is 0 Å². The molecule has 0 spiro atoms. The molecule has 1 aliphatic carbocycles. The Morgan fingerprint density at radius 3 is 2.69 bits per heavy atom. The molecule has 2 fully saturated rings. The second-order valence-corrected chi connectivity index (χ2v) is 5.66. The number of rotatable bonds is 2. The van der Waals surface area contributed by atoms with Crippen LogP contribution in [0.2, 0.25) is 0 Å². The maximum atomic E-state index is 4.42. The number of hydrogen-bond donors (Lipinski definition) is 1. The van der Waals surface area contributed by atoms with Crippen molar-refractivity contribution < 1.29 is 0 Å². The fourth-order valence-corrected chi connectivity index (χ4v) is 2.53. The maximum absolute atomic E-state index is 4.42. The van der Waals surface area contributed by atoms with Crippen molar-refractivity contribution in [3.63, 3.8) is 0 Å². The van der Waals surface area contributed by atoms with Gasteiger partial charge < -0.3 is 10.2 Å². The van der Waals surface area contributed by atoms with Crippen LogP contribution in [0, 0.1) is 5.41 Å². The van der Waals surface area contributed by atoms with Crippen molar-refractivity contribution in [2.24, 2.45) is 10.4 Å². The smallest absolute Gasteiger partial charge is 0.193 e. The second kappa shape index (κ2) is 4.64. The predicted molar refractivity (Wildman–Crippen MR) is 68.7 cm³/mol. The molecule has 3 heteroatoms. The highest BCUT2D eigenvalue weighted by Gasteiger charge is 2.34. The highest BCUT2D eigenvalue weighted by atomic mass is 15.3. The lowest BCUT2D eigenvalue weighted by Gasteiger charge is -2.32. The molecular formula is C13H25N3. The molecule has 0 aromatic rings. The Morgan fingerprint density at radius 1 is 1.50 bits per heavy atom. The first kappa shape index (κ1) is 11.7. The van der Waals surface area contributed by atoms with Gasteiger partial charge in [0.15, 0.2) is 5.96 Å². The van der Waals surface area contributed by atoms with E-state index in [-0.39, 0.29) is 0 Å². The largest absolute Gasteiger partial charge is 0.354 e. The third-order valence-corrected chi connectivity index (χ3v) is 4.36. The summed E-state index contributed by atoms with van der Waals surface area (Å²) in [6.07, 6.45) is 6.58. The van der Waals surface area contributed by atoms with Crippen molar-refractivity contribution in [3.8, 4) is 0 Å². The lowest BCUT2D eigenvalue weighted by Crippen LogP contribution is -2.48. The Labute approximate surface area is 99.3 Å². The van der Waals surface area contributed by atoms with Gasteiger partial charge in [-0.2, -0.15) is 0 Å². The van der Waals surface area contributed by atoms with Crippen LogP contribution >= 0.6 is 0 Å². The molecule has 2 aliphatic rings. The first-order chi connectivity index (χ1) is 7.67. The summed E-state index contributed by atoms with van der Waals surface area (Å²) in [5.41, 5.74) is 0.497. The van der Waals surface area contributed by atoms with Gasteiger partial charge in [0.05, 0.1) is 0 Å². The Kier molecular flexibility index (Phi) is 3.41. The lowest BCUT2D eigenvalue weighted by molar-refractivity contribution is 0.313. The van der Waals surface area contributed by atoms with Crippen LogP contribution in [0.15, 0.2) is 4.99 Å². The molecule has 16 heavy (non-hydrogen) atoms. The van der Waals surface area contributed by atoms with Gasteiger partial charge in [0.2, 0.25) is 0 Å². The standard InChI is InChI=1S/C13H25N3/c1-4-13(2)8-9-16(10-13)12(14-3)15-11-6-5-7-11/h11H,4-10H2,1-3H3,(H,14,15). The Balaban J connectivity index is 1.90. The summed E-state index contributed by atoms with van der Waals surface area (Å²) in [4.78, 5) is 6.86. The third-order valence-electron chi connectivity index (χ3n) is 4.36. The molecule has 1 heterocycles. The Hall–Kier alpha value is -0.730. The number of likely N-dealkylation sites (tertiary alicyclic amines) is 1. The van der Waals surface area contributed by atoms with Gasteiger partial charge in [0, 0.05) is 26.2 Å². The van der Waals surface area contributed by atoms with Crippen molar-refractivity contribution in [3.05, 3.63) is 0 Å². The van der Waals surface area contributed by atoms with Gasteiger partial charge in [-0.3, -0.25) is 4.99 Å². The number of aliphatic imine (C=N–C) groups is 1. The molecule has 0 amide bonds. The average Bonchev–Trinajstić information content (AvgIpc) is 2.61.